The van der Waals surface area contributed by atoms with E-state index < -0.39 is 6.10 Å². The van der Waals surface area contributed by atoms with Gasteiger partial charge in [-0.2, -0.15) is 0 Å². The van der Waals surface area contributed by atoms with Crippen LogP contribution in [0.3, 0.4) is 0 Å². The van der Waals surface area contributed by atoms with Crippen LogP contribution in [0.15, 0.2) is 78.9 Å². The summed E-state index contributed by atoms with van der Waals surface area (Å²) in [6, 6.07) is 26.1. The van der Waals surface area contributed by atoms with Crippen molar-refractivity contribution in [3.63, 3.8) is 0 Å². The molecule has 33 heavy (non-hydrogen) atoms. The van der Waals surface area contributed by atoms with Crippen molar-refractivity contribution in [3.8, 4) is 28.1 Å². The summed E-state index contributed by atoms with van der Waals surface area (Å²) in [4.78, 5) is 7.18. The van der Waals surface area contributed by atoms with E-state index in [1.165, 1.54) is 12.8 Å². The third-order valence-corrected chi connectivity index (χ3v) is 6.35. The minimum absolute atomic E-state index is 0.295. The molecule has 2 heterocycles. The molecule has 1 atom stereocenters. The lowest BCUT2D eigenvalue weighted by atomic mass is 9.98. The third kappa shape index (κ3) is 5.19. The Kier molecular flexibility index (Phi) is 6.58. The van der Waals surface area contributed by atoms with Crippen LogP contribution in [0.1, 0.15) is 12.8 Å². The Morgan fingerprint density at radius 1 is 0.909 bits per heavy atom. The molecule has 0 amide bonds. The molecule has 0 radical (unpaired) electrons. The van der Waals surface area contributed by atoms with Crippen molar-refractivity contribution in [2.75, 3.05) is 26.2 Å². The first-order chi connectivity index (χ1) is 16.2. The molecule has 5 rings (SSSR count). The Labute approximate surface area is 199 Å². The van der Waals surface area contributed by atoms with Crippen LogP contribution >= 0.6 is 11.6 Å². The molecule has 0 saturated carbocycles. The Morgan fingerprint density at radius 2 is 1.67 bits per heavy atom. The quantitative estimate of drug-likeness (QED) is 0.365. The maximum Gasteiger partial charge on any atom is 0.119 e. The Hall–Kier alpha value is -2.92. The highest BCUT2D eigenvalue weighted by atomic mass is 35.5. The number of rotatable bonds is 7. The number of aliphatic hydroxyl groups excluding tert-OH is 1. The van der Waals surface area contributed by atoms with Gasteiger partial charge < -0.3 is 14.7 Å². The van der Waals surface area contributed by atoms with Crippen molar-refractivity contribution >= 4 is 22.5 Å². The summed E-state index contributed by atoms with van der Waals surface area (Å²) in [6.07, 6.45) is 1.96. The SMILES string of the molecule is OC(COc1ccc(-c2cc(-c3ccccc3)c3cc(Cl)ccc3n2)cc1)CN1CCCC1. The smallest absolute Gasteiger partial charge is 0.119 e. The van der Waals surface area contributed by atoms with Gasteiger partial charge in [0.1, 0.15) is 18.5 Å². The lowest BCUT2D eigenvalue weighted by Gasteiger charge is -2.19. The molecule has 0 bridgehead atoms. The molecule has 1 aliphatic heterocycles. The molecule has 5 heteroatoms. The number of aliphatic hydroxyl groups is 1. The molecule has 1 aromatic heterocycles. The number of aromatic nitrogens is 1. The molecule has 4 aromatic rings. The predicted octanol–water partition coefficient (Wildman–Crippen LogP) is 6.06. The summed E-state index contributed by atoms with van der Waals surface area (Å²) in [5.74, 6) is 0.745. The maximum atomic E-state index is 10.3. The molecule has 4 nitrogen and oxygen atoms in total. The molecule has 3 aromatic carbocycles. The van der Waals surface area contributed by atoms with Crippen LogP contribution in [0.2, 0.25) is 5.02 Å². The van der Waals surface area contributed by atoms with Gasteiger partial charge >= 0.3 is 0 Å². The number of β-amino-alcohol motifs (C(OH)–C–C–N with tert-alkyl or cyclic N) is 1. The Morgan fingerprint density at radius 3 is 2.42 bits per heavy atom. The number of nitrogens with zero attached hydrogens (tertiary/aromatic N) is 2. The van der Waals surface area contributed by atoms with E-state index in [2.05, 4.69) is 23.1 Å². The third-order valence-electron chi connectivity index (χ3n) is 6.12. The number of halogens is 1. The highest BCUT2D eigenvalue weighted by molar-refractivity contribution is 6.31. The van der Waals surface area contributed by atoms with Crippen LogP contribution < -0.4 is 4.74 Å². The maximum absolute atomic E-state index is 10.3. The fourth-order valence-electron chi connectivity index (χ4n) is 4.43. The summed E-state index contributed by atoms with van der Waals surface area (Å²) in [5.41, 5.74) is 5.03. The van der Waals surface area contributed by atoms with E-state index in [1.807, 2.05) is 60.7 Å². The monoisotopic (exact) mass is 458 g/mol. The van der Waals surface area contributed by atoms with Crippen LogP contribution in [0.5, 0.6) is 5.75 Å². The zero-order valence-corrected chi connectivity index (χ0v) is 19.2. The van der Waals surface area contributed by atoms with Gasteiger partial charge in [-0.25, -0.2) is 4.98 Å². The molecular formula is C28H27ClN2O2. The number of fused-ring (bicyclic) bond motifs is 1. The van der Waals surface area contributed by atoms with Gasteiger partial charge in [0, 0.05) is 22.5 Å². The highest BCUT2D eigenvalue weighted by Gasteiger charge is 2.16. The van der Waals surface area contributed by atoms with Gasteiger partial charge in [0.2, 0.25) is 0 Å². The molecule has 1 fully saturated rings. The van der Waals surface area contributed by atoms with Crippen molar-refractivity contribution in [2.24, 2.45) is 0 Å². The van der Waals surface area contributed by atoms with Gasteiger partial charge in [-0.1, -0.05) is 41.9 Å². The van der Waals surface area contributed by atoms with Gasteiger partial charge in [0.25, 0.3) is 0 Å². The van der Waals surface area contributed by atoms with E-state index in [0.29, 0.717) is 18.2 Å². The summed E-state index contributed by atoms with van der Waals surface area (Å²) in [5, 5.41) is 12.0. The van der Waals surface area contributed by atoms with Crippen LogP contribution in [0.4, 0.5) is 0 Å². The average Bonchev–Trinajstić information content (AvgIpc) is 3.36. The van der Waals surface area contributed by atoms with E-state index in [0.717, 1.165) is 52.1 Å². The second kappa shape index (κ2) is 9.92. The minimum atomic E-state index is -0.481. The first-order valence-corrected chi connectivity index (χ1v) is 11.8. The highest BCUT2D eigenvalue weighted by Crippen LogP contribution is 2.33. The van der Waals surface area contributed by atoms with Gasteiger partial charge in [-0.05, 0) is 85.6 Å². The predicted molar refractivity (Wildman–Crippen MR) is 135 cm³/mol. The van der Waals surface area contributed by atoms with Crippen LogP contribution in [0.25, 0.3) is 33.3 Å². The molecule has 1 saturated heterocycles. The second-order valence-electron chi connectivity index (χ2n) is 8.58. The topological polar surface area (TPSA) is 45.6 Å². The molecule has 168 valence electrons. The lowest BCUT2D eigenvalue weighted by Crippen LogP contribution is -2.33. The molecule has 1 aliphatic rings. The molecule has 1 N–H and O–H groups in total. The van der Waals surface area contributed by atoms with Crippen LogP contribution in [-0.4, -0.2) is 47.3 Å². The van der Waals surface area contributed by atoms with E-state index in [1.54, 1.807) is 0 Å². The Bertz CT molecular complexity index is 1220. The van der Waals surface area contributed by atoms with Gasteiger partial charge in [-0.3, -0.25) is 0 Å². The minimum Gasteiger partial charge on any atom is -0.491 e. The van der Waals surface area contributed by atoms with E-state index in [9.17, 15) is 5.11 Å². The van der Waals surface area contributed by atoms with Crippen molar-refractivity contribution in [3.05, 3.63) is 83.9 Å². The van der Waals surface area contributed by atoms with Crippen LogP contribution in [-0.2, 0) is 0 Å². The summed E-state index contributed by atoms with van der Waals surface area (Å²) < 4.78 is 5.83. The number of hydrogen-bond acceptors (Lipinski definition) is 4. The average molecular weight is 459 g/mol. The van der Waals surface area contributed by atoms with E-state index in [-0.39, 0.29) is 0 Å². The van der Waals surface area contributed by atoms with Crippen molar-refractivity contribution in [1.29, 1.82) is 0 Å². The van der Waals surface area contributed by atoms with Gasteiger partial charge in [0.15, 0.2) is 0 Å². The largest absolute Gasteiger partial charge is 0.491 e. The van der Waals surface area contributed by atoms with Crippen molar-refractivity contribution < 1.29 is 9.84 Å². The normalized spacial score (nSPS) is 15.1. The van der Waals surface area contributed by atoms with Gasteiger partial charge in [-0.15, -0.1) is 0 Å². The van der Waals surface area contributed by atoms with E-state index >= 15 is 0 Å². The fraction of sp³-hybridized carbons (Fsp3) is 0.250. The molecule has 1 unspecified atom stereocenters. The first-order valence-electron chi connectivity index (χ1n) is 11.4. The number of ether oxygens (including phenoxy) is 1. The fourth-order valence-corrected chi connectivity index (χ4v) is 4.60. The van der Waals surface area contributed by atoms with Crippen molar-refractivity contribution in [1.82, 2.24) is 9.88 Å². The van der Waals surface area contributed by atoms with Gasteiger partial charge in [0.05, 0.1) is 11.2 Å². The lowest BCUT2D eigenvalue weighted by molar-refractivity contribution is 0.0758. The molecule has 0 spiro atoms. The number of hydrogen-bond donors (Lipinski definition) is 1. The summed E-state index contributed by atoms with van der Waals surface area (Å²) in [6.45, 7) is 3.11. The zero-order chi connectivity index (χ0) is 22.6. The van der Waals surface area contributed by atoms with Crippen molar-refractivity contribution in [2.45, 2.75) is 18.9 Å². The number of benzene rings is 3. The standard InChI is InChI=1S/C28H27ClN2O2/c29-22-10-13-27-26(16-22)25(20-6-2-1-3-7-20)17-28(30-27)21-8-11-24(12-9-21)33-19-23(32)18-31-14-4-5-15-31/h1-3,6-13,16-17,23,32H,4-5,14-15,18-19H2. The summed E-state index contributed by atoms with van der Waals surface area (Å²) in [7, 11) is 0. The Balaban J connectivity index is 1.37. The number of likely N-dealkylation sites (tertiary alicyclic amines) is 1. The molecule has 0 aliphatic carbocycles. The zero-order valence-electron chi connectivity index (χ0n) is 18.5. The second-order valence-corrected chi connectivity index (χ2v) is 9.02. The number of pyridine rings is 1. The van der Waals surface area contributed by atoms with Crippen LogP contribution in [0, 0.1) is 0 Å². The first kappa shape index (κ1) is 21.9. The summed E-state index contributed by atoms with van der Waals surface area (Å²) >= 11 is 6.29. The van der Waals surface area contributed by atoms with E-state index in [4.69, 9.17) is 21.3 Å². The molecular weight excluding hydrogens is 432 g/mol.